The average molecular weight is 333 g/mol. The smallest absolute Gasteiger partial charge is 0.231 e. The summed E-state index contributed by atoms with van der Waals surface area (Å²) < 4.78 is 0. The Labute approximate surface area is 141 Å². The zero-order chi connectivity index (χ0) is 16.2. The zero-order valence-electron chi connectivity index (χ0n) is 13.2. The topological polar surface area (TPSA) is 75.4 Å². The molecule has 0 bridgehead atoms. The predicted molar refractivity (Wildman–Crippen MR) is 91.3 cm³/mol. The van der Waals surface area contributed by atoms with E-state index in [1.165, 1.54) is 4.90 Å². The molecule has 124 valence electrons. The highest BCUT2D eigenvalue weighted by Gasteiger charge is 2.35. The zero-order valence-corrected chi connectivity index (χ0v) is 14.0. The fraction of sp³-hybridized carbons (Fsp3) is 0.529. The number of piperidine rings is 1. The molecule has 2 aliphatic rings. The Morgan fingerprint density at radius 2 is 2.17 bits per heavy atom. The van der Waals surface area contributed by atoms with Crippen molar-refractivity contribution in [3.05, 3.63) is 29.8 Å². The Morgan fingerprint density at radius 3 is 3.00 bits per heavy atom. The molecule has 0 radical (unpaired) electrons. The second-order valence-electron chi connectivity index (χ2n) is 6.10. The van der Waals surface area contributed by atoms with Crippen LogP contribution in [0.25, 0.3) is 0 Å². The van der Waals surface area contributed by atoms with Gasteiger partial charge in [-0.3, -0.25) is 9.59 Å². The summed E-state index contributed by atoms with van der Waals surface area (Å²) in [5, 5.41) is 2.84. The number of fused-ring (bicyclic) bond motifs is 1. The number of hydrogen-bond acceptors (Lipinski definition) is 4. The molecule has 6 heteroatoms. The van der Waals surface area contributed by atoms with Gasteiger partial charge in [-0.25, -0.2) is 0 Å². The highest BCUT2D eigenvalue weighted by Crippen LogP contribution is 2.40. The summed E-state index contributed by atoms with van der Waals surface area (Å²) in [6.45, 7) is 2.22. The molecule has 2 heterocycles. The van der Waals surface area contributed by atoms with Crippen LogP contribution in [-0.2, 0) is 9.59 Å². The molecule has 23 heavy (non-hydrogen) atoms. The molecule has 1 aromatic rings. The van der Waals surface area contributed by atoms with Crippen LogP contribution in [0, 0.1) is 5.92 Å². The van der Waals surface area contributed by atoms with E-state index in [1.807, 2.05) is 23.1 Å². The van der Waals surface area contributed by atoms with Gasteiger partial charge in [0, 0.05) is 36.8 Å². The number of benzene rings is 1. The minimum atomic E-state index is -0.108. The van der Waals surface area contributed by atoms with Crippen LogP contribution < -0.4 is 11.1 Å². The maximum atomic E-state index is 12.9. The van der Waals surface area contributed by atoms with Crippen LogP contribution in [-0.4, -0.2) is 48.6 Å². The number of likely N-dealkylation sites (tertiary alicyclic amines) is 1. The Kier molecular flexibility index (Phi) is 5.23. The maximum Gasteiger partial charge on any atom is 0.231 e. The lowest BCUT2D eigenvalue weighted by Gasteiger charge is -2.33. The van der Waals surface area contributed by atoms with E-state index in [0.717, 1.165) is 30.7 Å². The molecule has 0 aromatic heterocycles. The van der Waals surface area contributed by atoms with Gasteiger partial charge in [0.15, 0.2) is 0 Å². The monoisotopic (exact) mass is 333 g/mol. The van der Waals surface area contributed by atoms with Crippen molar-refractivity contribution in [2.24, 2.45) is 11.7 Å². The van der Waals surface area contributed by atoms with Gasteiger partial charge in [-0.2, -0.15) is 0 Å². The molecule has 0 saturated carbocycles. The summed E-state index contributed by atoms with van der Waals surface area (Å²) in [6, 6.07) is 8.13. The van der Waals surface area contributed by atoms with Gasteiger partial charge < -0.3 is 16.0 Å². The number of nitrogens with two attached hydrogens (primary N) is 1. The van der Waals surface area contributed by atoms with Crippen LogP contribution in [0.3, 0.4) is 0 Å². The SMILES string of the molecule is NCCNC(=O)C1CCCN(C(=O)C2CSc3ccccc32)C1. The first-order valence-electron chi connectivity index (χ1n) is 8.19. The number of carbonyl (C=O) groups is 2. The minimum Gasteiger partial charge on any atom is -0.355 e. The normalized spacial score (nSPS) is 23.4. The Morgan fingerprint density at radius 1 is 1.35 bits per heavy atom. The molecule has 2 amide bonds. The molecule has 1 fully saturated rings. The quantitative estimate of drug-likeness (QED) is 0.868. The van der Waals surface area contributed by atoms with Gasteiger partial charge in [-0.05, 0) is 24.5 Å². The van der Waals surface area contributed by atoms with E-state index in [1.54, 1.807) is 11.8 Å². The first kappa shape index (κ1) is 16.3. The summed E-state index contributed by atoms with van der Waals surface area (Å²) in [5.41, 5.74) is 6.56. The molecular weight excluding hydrogens is 310 g/mol. The molecule has 2 atom stereocenters. The molecule has 3 rings (SSSR count). The first-order chi connectivity index (χ1) is 11.2. The van der Waals surface area contributed by atoms with E-state index >= 15 is 0 Å². The van der Waals surface area contributed by atoms with Crippen LogP contribution >= 0.6 is 11.8 Å². The van der Waals surface area contributed by atoms with Gasteiger partial charge in [-0.15, -0.1) is 11.8 Å². The number of rotatable bonds is 4. The van der Waals surface area contributed by atoms with Crippen molar-refractivity contribution < 1.29 is 9.59 Å². The van der Waals surface area contributed by atoms with E-state index in [0.29, 0.717) is 19.6 Å². The Bertz CT molecular complexity index is 593. The van der Waals surface area contributed by atoms with Gasteiger partial charge in [0.2, 0.25) is 11.8 Å². The van der Waals surface area contributed by atoms with Crippen molar-refractivity contribution in [2.75, 3.05) is 31.9 Å². The van der Waals surface area contributed by atoms with Crippen molar-refractivity contribution in [1.29, 1.82) is 0 Å². The fourth-order valence-corrected chi connectivity index (χ4v) is 4.54. The van der Waals surface area contributed by atoms with E-state index < -0.39 is 0 Å². The highest BCUT2D eigenvalue weighted by molar-refractivity contribution is 7.99. The van der Waals surface area contributed by atoms with E-state index in [2.05, 4.69) is 11.4 Å². The van der Waals surface area contributed by atoms with Gasteiger partial charge in [0.25, 0.3) is 0 Å². The van der Waals surface area contributed by atoms with Crippen molar-refractivity contribution in [1.82, 2.24) is 10.2 Å². The van der Waals surface area contributed by atoms with Crippen molar-refractivity contribution in [2.45, 2.75) is 23.7 Å². The average Bonchev–Trinajstić information content (AvgIpc) is 3.03. The summed E-state index contributed by atoms with van der Waals surface area (Å²) in [4.78, 5) is 28.1. The molecule has 0 spiro atoms. The molecule has 1 saturated heterocycles. The summed E-state index contributed by atoms with van der Waals surface area (Å²) in [5.74, 6) is 0.817. The standard InChI is InChI=1S/C17H23N3O2S/c18-7-8-19-16(21)12-4-3-9-20(10-12)17(22)14-11-23-15-6-2-1-5-13(14)15/h1-2,5-6,12,14H,3-4,7-11,18H2,(H,19,21). The Hall–Kier alpha value is -1.53. The van der Waals surface area contributed by atoms with Crippen molar-refractivity contribution in [3.8, 4) is 0 Å². The van der Waals surface area contributed by atoms with Crippen LogP contribution in [0.2, 0.25) is 0 Å². The van der Waals surface area contributed by atoms with E-state index in [9.17, 15) is 9.59 Å². The molecule has 2 aliphatic heterocycles. The number of carbonyl (C=O) groups excluding carboxylic acids is 2. The second kappa shape index (κ2) is 7.36. The van der Waals surface area contributed by atoms with Gasteiger partial charge in [0.1, 0.15) is 0 Å². The summed E-state index contributed by atoms with van der Waals surface area (Å²) in [7, 11) is 0. The van der Waals surface area contributed by atoms with Crippen LogP contribution in [0.5, 0.6) is 0 Å². The van der Waals surface area contributed by atoms with E-state index in [-0.39, 0.29) is 23.7 Å². The van der Waals surface area contributed by atoms with Crippen LogP contribution in [0.1, 0.15) is 24.3 Å². The largest absolute Gasteiger partial charge is 0.355 e. The number of nitrogens with one attached hydrogen (secondary N) is 1. The number of hydrogen-bond donors (Lipinski definition) is 2. The summed E-state index contributed by atoms with van der Waals surface area (Å²) >= 11 is 1.75. The molecular formula is C17H23N3O2S. The van der Waals surface area contributed by atoms with Crippen LogP contribution in [0.4, 0.5) is 0 Å². The fourth-order valence-electron chi connectivity index (χ4n) is 3.32. The third-order valence-electron chi connectivity index (χ3n) is 4.55. The Balaban J connectivity index is 1.65. The molecule has 3 N–H and O–H groups in total. The van der Waals surface area contributed by atoms with Crippen molar-refractivity contribution >= 4 is 23.6 Å². The van der Waals surface area contributed by atoms with Crippen molar-refractivity contribution in [3.63, 3.8) is 0 Å². The third-order valence-corrected chi connectivity index (χ3v) is 5.73. The van der Waals surface area contributed by atoms with Crippen LogP contribution in [0.15, 0.2) is 29.2 Å². The minimum absolute atomic E-state index is 0.0224. The number of thioether (sulfide) groups is 1. The van der Waals surface area contributed by atoms with Gasteiger partial charge >= 0.3 is 0 Å². The van der Waals surface area contributed by atoms with Gasteiger partial charge in [0.05, 0.1) is 11.8 Å². The number of amides is 2. The molecule has 1 aromatic carbocycles. The third kappa shape index (κ3) is 3.53. The maximum absolute atomic E-state index is 12.9. The first-order valence-corrected chi connectivity index (χ1v) is 9.17. The lowest BCUT2D eigenvalue weighted by atomic mass is 9.94. The second-order valence-corrected chi connectivity index (χ2v) is 7.17. The molecule has 2 unspecified atom stereocenters. The molecule has 0 aliphatic carbocycles. The molecule has 5 nitrogen and oxygen atoms in total. The predicted octanol–water partition coefficient (Wildman–Crippen LogP) is 1.19. The lowest BCUT2D eigenvalue weighted by Crippen LogP contribution is -2.47. The highest BCUT2D eigenvalue weighted by atomic mass is 32.2. The summed E-state index contributed by atoms with van der Waals surface area (Å²) in [6.07, 6.45) is 1.73. The lowest BCUT2D eigenvalue weighted by molar-refractivity contribution is -0.136. The number of nitrogens with zero attached hydrogens (tertiary/aromatic N) is 1. The van der Waals surface area contributed by atoms with E-state index in [4.69, 9.17) is 5.73 Å². The van der Waals surface area contributed by atoms with Gasteiger partial charge in [-0.1, -0.05) is 18.2 Å².